The van der Waals surface area contributed by atoms with E-state index in [0.29, 0.717) is 37.9 Å². The van der Waals surface area contributed by atoms with Crippen LogP contribution in [0.1, 0.15) is 24.8 Å². The highest BCUT2D eigenvalue weighted by molar-refractivity contribution is 7.89. The van der Waals surface area contributed by atoms with Crippen LogP contribution in [0.3, 0.4) is 0 Å². The fraction of sp³-hybridized carbons (Fsp3) is 0.310. The van der Waals surface area contributed by atoms with Gasteiger partial charge in [0.15, 0.2) is 0 Å². The first kappa shape index (κ1) is 26.1. The van der Waals surface area contributed by atoms with E-state index in [0.717, 1.165) is 16.3 Å². The second kappa shape index (κ2) is 11.1. The van der Waals surface area contributed by atoms with Crippen molar-refractivity contribution in [3.8, 4) is 0 Å². The fourth-order valence-electron chi connectivity index (χ4n) is 5.27. The summed E-state index contributed by atoms with van der Waals surface area (Å²) >= 11 is 0. The molecule has 5 rings (SSSR count). The highest BCUT2D eigenvalue weighted by atomic mass is 32.2. The third-order valence-electron chi connectivity index (χ3n) is 7.28. The molecule has 0 radical (unpaired) electrons. The number of piperidine rings is 1. The first-order valence-corrected chi connectivity index (χ1v) is 14.2. The van der Waals surface area contributed by atoms with Crippen LogP contribution in [0, 0.1) is 5.92 Å². The number of amides is 2. The highest BCUT2D eigenvalue weighted by Gasteiger charge is 2.42. The van der Waals surface area contributed by atoms with Crippen LogP contribution in [0.5, 0.6) is 0 Å². The molecule has 198 valence electrons. The topological polar surface area (TPSA) is 105 Å². The first-order chi connectivity index (χ1) is 18.3. The normalized spacial score (nSPS) is 21.5. The van der Waals surface area contributed by atoms with Gasteiger partial charge in [-0.3, -0.25) is 9.59 Å². The van der Waals surface area contributed by atoms with Gasteiger partial charge in [-0.1, -0.05) is 49.0 Å². The van der Waals surface area contributed by atoms with Crippen molar-refractivity contribution >= 4 is 38.3 Å². The SMILES string of the molecule is C=CC(=O)NC1CC2CCN(S(=O)(=O)c3ccc(NC(=O)CCc4cccc5ccccc45)cc3)CC2O1. The molecular weight excluding hydrogens is 502 g/mol. The summed E-state index contributed by atoms with van der Waals surface area (Å²) in [4.78, 5) is 24.3. The van der Waals surface area contributed by atoms with Gasteiger partial charge >= 0.3 is 0 Å². The van der Waals surface area contributed by atoms with E-state index < -0.39 is 16.3 Å². The summed E-state index contributed by atoms with van der Waals surface area (Å²) in [5.41, 5.74) is 1.66. The Kier molecular flexibility index (Phi) is 7.60. The molecule has 0 saturated carbocycles. The van der Waals surface area contributed by atoms with Crippen LogP contribution in [0.4, 0.5) is 5.69 Å². The predicted octanol–water partition coefficient (Wildman–Crippen LogP) is 3.84. The average molecular weight is 534 g/mol. The molecular formula is C29H31N3O5S. The standard InChI is InChI=1S/C29H31N3O5S/c1-2-27(33)31-29-18-22-16-17-32(19-26(22)37-29)38(35,36)24-13-11-23(12-14-24)30-28(34)15-10-21-8-5-7-20-6-3-4-9-25(20)21/h2-9,11-14,22,26,29H,1,10,15-19H2,(H,30,34)(H,31,33). The minimum absolute atomic E-state index is 0.132. The predicted molar refractivity (Wildman–Crippen MR) is 146 cm³/mol. The third kappa shape index (κ3) is 5.65. The molecule has 0 aliphatic carbocycles. The second-order valence-corrected chi connectivity index (χ2v) is 11.7. The van der Waals surface area contributed by atoms with Gasteiger partial charge in [0.1, 0.15) is 6.23 Å². The second-order valence-electron chi connectivity index (χ2n) is 9.73. The summed E-state index contributed by atoms with van der Waals surface area (Å²) in [6.07, 6.45) is 2.74. The van der Waals surface area contributed by atoms with Crippen LogP contribution in [0.2, 0.25) is 0 Å². The van der Waals surface area contributed by atoms with Crippen LogP contribution >= 0.6 is 0 Å². The van der Waals surface area contributed by atoms with Crippen molar-refractivity contribution in [2.45, 2.75) is 42.9 Å². The van der Waals surface area contributed by atoms with Gasteiger partial charge in [-0.2, -0.15) is 4.31 Å². The number of carbonyl (C=O) groups excluding carboxylic acids is 2. The molecule has 2 fully saturated rings. The Morgan fingerprint density at radius 3 is 2.61 bits per heavy atom. The molecule has 0 aromatic heterocycles. The number of fused-ring (bicyclic) bond motifs is 2. The van der Waals surface area contributed by atoms with E-state index in [-0.39, 0.29) is 35.3 Å². The van der Waals surface area contributed by atoms with Crippen molar-refractivity contribution in [3.05, 3.63) is 84.9 Å². The summed E-state index contributed by atoms with van der Waals surface area (Å²) < 4.78 is 33.9. The van der Waals surface area contributed by atoms with Crippen molar-refractivity contribution in [1.29, 1.82) is 0 Å². The molecule has 0 spiro atoms. The minimum atomic E-state index is -3.72. The van der Waals surface area contributed by atoms with Gasteiger partial charge < -0.3 is 15.4 Å². The number of rotatable bonds is 8. The van der Waals surface area contributed by atoms with Crippen LogP contribution in [0.25, 0.3) is 10.8 Å². The van der Waals surface area contributed by atoms with Crippen molar-refractivity contribution < 1.29 is 22.7 Å². The molecule has 9 heteroatoms. The van der Waals surface area contributed by atoms with Crippen molar-refractivity contribution in [1.82, 2.24) is 9.62 Å². The summed E-state index contributed by atoms with van der Waals surface area (Å²) in [5, 5.41) is 7.89. The van der Waals surface area contributed by atoms with Gasteiger partial charge in [0.25, 0.3) is 0 Å². The quantitative estimate of drug-likeness (QED) is 0.428. The molecule has 2 amide bonds. The molecule has 0 bridgehead atoms. The first-order valence-electron chi connectivity index (χ1n) is 12.8. The molecule has 3 unspecified atom stereocenters. The maximum absolute atomic E-state index is 13.3. The van der Waals surface area contributed by atoms with Gasteiger partial charge in [0.2, 0.25) is 21.8 Å². The lowest BCUT2D eigenvalue weighted by molar-refractivity contribution is -0.120. The molecule has 2 saturated heterocycles. The molecule has 2 aliphatic rings. The van der Waals surface area contributed by atoms with E-state index in [1.54, 1.807) is 12.1 Å². The average Bonchev–Trinajstić information content (AvgIpc) is 3.33. The third-order valence-corrected chi connectivity index (χ3v) is 9.16. The molecule has 2 N–H and O–H groups in total. The van der Waals surface area contributed by atoms with E-state index in [4.69, 9.17) is 4.74 Å². The Morgan fingerprint density at radius 1 is 1.05 bits per heavy atom. The Balaban J connectivity index is 1.17. The molecule has 8 nitrogen and oxygen atoms in total. The number of hydrogen-bond acceptors (Lipinski definition) is 5. The van der Waals surface area contributed by atoms with Crippen molar-refractivity contribution in [3.63, 3.8) is 0 Å². The maximum Gasteiger partial charge on any atom is 0.245 e. The lowest BCUT2D eigenvalue weighted by Gasteiger charge is -2.33. The lowest BCUT2D eigenvalue weighted by Crippen LogP contribution is -2.45. The molecule has 3 atom stereocenters. The molecule has 38 heavy (non-hydrogen) atoms. The number of sulfonamides is 1. The number of aryl methyl sites for hydroxylation is 1. The lowest BCUT2D eigenvalue weighted by atomic mass is 9.94. The van der Waals surface area contributed by atoms with Gasteiger partial charge in [-0.25, -0.2) is 8.42 Å². The van der Waals surface area contributed by atoms with Crippen LogP contribution < -0.4 is 10.6 Å². The fourth-order valence-corrected chi connectivity index (χ4v) is 6.74. The monoisotopic (exact) mass is 533 g/mol. The van der Waals surface area contributed by atoms with E-state index >= 15 is 0 Å². The van der Waals surface area contributed by atoms with Crippen molar-refractivity contribution in [2.24, 2.45) is 5.92 Å². The van der Waals surface area contributed by atoms with Gasteiger partial charge in [-0.05, 0) is 71.9 Å². The van der Waals surface area contributed by atoms with Crippen molar-refractivity contribution in [2.75, 3.05) is 18.4 Å². The van der Waals surface area contributed by atoms with Gasteiger partial charge in [0, 0.05) is 25.2 Å². The minimum Gasteiger partial charge on any atom is -0.354 e. The van der Waals surface area contributed by atoms with E-state index in [9.17, 15) is 18.0 Å². The zero-order chi connectivity index (χ0) is 26.7. The van der Waals surface area contributed by atoms with Gasteiger partial charge in [-0.15, -0.1) is 0 Å². The van der Waals surface area contributed by atoms with Crippen LogP contribution in [0.15, 0.2) is 84.3 Å². The number of nitrogens with zero attached hydrogens (tertiary/aromatic N) is 1. The molecule has 3 aromatic rings. The summed E-state index contributed by atoms with van der Waals surface area (Å²) in [6.45, 7) is 4.07. The zero-order valence-electron chi connectivity index (χ0n) is 21.0. The number of nitrogens with one attached hydrogen (secondary N) is 2. The van der Waals surface area contributed by atoms with Gasteiger partial charge in [0.05, 0.1) is 11.0 Å². The Morgan fingerprint density at radius 2 is 1.82 bits per heavy atom. The number of carbonyl (C=O) groups is 2. The largest absolute Gasteiger partial charge is 0.354 e. The number of anilines is 1. The summed E-state index contributed by atoms with van der Waals surface area (Å²) in [7, 11) is -3.72. The van der Waals surface area contributed by atoms with Crippen LogP contribution in [-0.4, -0.2) is 50.0 Å². The maximum atomic E-state index is 13.3. The highest BCUT2D eigenvalue weighted by Crippen LogP contribution is 2.34. The molecule has 2 heterocycles. The summed E-state index contributed by atoms with van der Waals surface area (Å²) in [6, 6.07) is 20.4. The summed E-state index contributed by atoms with van der Waals surface area (Å²) in [5.74, 6) is -0.242. The Hall–Kier alpha value is -3.53. The Bertz CT molecular complexity index is 1450. The zero-order valence-corrected chi connectivity index (χ0v) is 21.8. The number of hydrogen-bond donors (Lipinski definition) is 2. The van der Waals surface area contributed by atoms with E-state index in [2.05, 4.69) is 35.4 Å². The molecule has 3 aromatic carbocycles. The van der Waals surface area contributed by atoms with E-state index in [1.165, 1.54) is 22.5 Å². The molecule has 2 aliphatic heterocycles. The number of benzene rings is 3. The smallest absolute Gasteiger partial charge is 0.245 e. The Labute approximate surface area is 222 Å². The number of ether oxygens (including phenoxy) is 1. The van der Waals surface area contributed by atoms with Crippen LogP contribution in [-0.2, 0) is 30.8 Å². The van der Waals surface area contributed by atoms with E-state index in [1.807, 2.05) is 24.3 Å².